The smallest absolute Gasteiger partial charge is 0.132 e. The largest absolute Gasteiger partial charge is 0.392 e. The molecule has 0 unspecified atom stereocenters. The van der Waals surface area contributed by atoms with Gasteiger partial charge in [-0.05, 0) is 55.7 Å². The van der Waals surface area contributed by atoms with Gasteiger partial charge in [-0.2, -0.15) is 0 Å². The van der Waals surface area contributed by atoms with E-state index < -0.39 is 0 Å². The summed E-state index contributed by atoms with van der Waals surface area (Å²) < 4.78 is 0. The molecule has 100 valence electrons. The van der Waals surface area contributed by atoms with E-state index in [1.54, 1.807) is 0 Å². The normalized spacial score (nSPS) is 10.6. The average Bonchev–Trinajstić information content (AvgIpc) is 2.36. The molecule has 0 spiro atoms. The molecule has 0 amide bonds. The Morgan fingerprint density at radius 1 is 1.05 bits per heavy atom. The summed E-state index contributed by atoms with van der Waals surface area (Å²) >= 11 is 0. The fourth-order valence-electron chi connectivity index (χ4n) is 2.21. The van der Waals surface area contributed by atoms with Crippen LogP contribution in [0.1, 0.15) is 22.4 Å². The molecule has 0 aliphatic heterocycles. The highest BCUT2D eigenvalue weighted by molar-refractivity contribution is 5.61. The zero-order chi connectivity index (χ0) is 14.0. The molecule has 1 heterocycles. The highest BCUT2D eigenvalue weighted by atomic mass is 16.3. The van der Waals surface area contributed by atoms with E-state index in [0.29, 0.717) is 0 Å². The van der Waals surface area contributed by atoms with Crippen molar-refractivity contribution in [2.45, 2.75) is 27.4 Å². The minimum atomic E-state index is 0.0341. The first-order chi connectivity index (χ1) is 9.01. The molecule has 0 saturated heterocycles. The summed E-state index contributed by atoms with van der Waals surface area (Å²) in [7, 11) is 2.01. The van der Waals surface area contributed by atoms with Crippen molar-refractivity contribution in [3.8, 4) is 0 Å². The molecule has 0 radical (unpaired) electrons. The molecular formula is C16H20N2O. The summed E-state index contributed by atoms with van der Waals surface area (Å²) in [5.74, 6) is 0.889. The quantitative estimate of drug-likeness (QED) is 0.915. The van der Waals surface area contributed by atoms with Gasteiger partial charge >= 0.3 is 0 Å². The van der Waals surface area contributed by atoms with Crippen molar-refractivity contribution in [2.75, 3.05) is 11.9 Å². The number of anilines is 2. The third-order valence-corrected chi connectivity index (χ3v) is 3.29. The third kappa shape index (κ3) is 2.93. The number of aromatic nitrogens is 1. The molecule has 1 aromatic heterocycles. The summed E-state index contributed by atoms with van der Waals surface area (Å²) in [6.07, 6.45) is 0. The number of hydrogen-bond acceptors (Lipinski definition) is 3. The van der Waals surface area contributed by atoms with Crippen molar-refractivity contribution in [3.63, 3.8) is 0 Å². The lowest BCUT2D eigenvalue weighted by atomic mass is 10.1. The van der Waals surface area contributed by atoms with E-state index >= 15 is 0 Å². The second kappa shape index (κ2) is 5.41. The van der Waals surface area contributed by atoms with Crippen LogP contribution in [0.4, 0.5) is 11.5 Å². The molecule has 0 aliphatic rings. The van der Waals surface area contributed by atoms with E-state index in [9.17, 15) is 5.11 Å². The minimum Gasteiger partial charge on any atom is -0.392 e. The molecular weight excluding hydrogens is 236 g/mol. The third-order valence-electron chi connectivity index (χ3n) is 3.29. The van der Waals surface area contributed by atoms with Crippen LogP contribution >= 0.6 is 0 Å². The summed E-state index contributed by atoms with van der Waals surface area (Å²) in [6, 6.07) is 10.3. The van der Waals surface area contributed by atoms with Crippen molar-refractivity contribution >= 4 is 11.5 Å². The summed E-state index contributed by atoms with van der Waals surface area (Å²) in [4.78, 5) is 6.61. The predicted octanol–water partition coefficient (Wildman–Crippen LogP) is 3.27. The number of aryl methyl sites for hydroxylation is 3. The molecule has 1 aromatic carbocycles. The Morgan fingerprint density at radius 2 is 1.68 bits per heavy atom. The van der Waals surface area contributed by atoms with Gasteiger partial charge in [0.1, 0.15) is 5.82 Å². The first kappa shape index (κ1) is 13.6. The van der Waals surface area contributed by atoms with E-state index in [1.165, 1.54) is 11.1 Å². The van der Waals surface area contributed by atoms with Gasteiger partial charge < -0.3 is 10.0 Å². The molecule has 1 N–H and O–H groups in total. The number of pyridine rings is 1. The van der Waals surface area contributed by atoms with Crippen LogP contribution in [0.5, 0.6) is 0 Å². The number of benzene rings is 1. The molecule has 0 atom stereocenters. The van der Waals surface area contributed by atoms with Gasteiger partial charge in [0.2, 0.25) is 0 Å². The Hall–Kier alpha value is -1.87. The minimum absolute atomic E-state index is 0.0341. The zero-order valence-corrected chi connectivity index (χ0v) is 11.9. The highest BCUT2D eigenvalue weighted by Gasteiger charge is 2.08. The second-order valence-electron chi connectivity index (χ2n) is 4.98. The lowest BCUT2D eigenvalue weighted by Gasteiger charge is -2.20. The van der Waals surface area contributed by atoms with Gasteiger partial charge in [0.05, 0.1) is 6.61 Å². The van der Waals surface area contributed by atoms with Gasteiger partial charge in [0, 0.05) is 18.4 Å². The Bertz CT molecular complexity index is 573. The van der Waals surface area contributed by atoms with Crippen molar-refractivity contribution < 1.29 is 5.11 Å². The van der Waals surface area contributed by atoms with Crippen LogP contribution < -0.4 is 4.90 Å². The maximum atomic E-state index is 9.18. The fraction of sp³-hybridized carbons (Fsp3) is 0.312. The molecule has 2 aromatic rings. The van der Waals surface area contributed by atoms with Crippen LogP contribution in [-0.2, 0) is 6.61 Å². The highest BCUT2D eigenvalue weighted by Crippen LogP contribution is 2.25. The molecule has 0 bridgehead atoms. The Labute approximate surface area is 114 Å². The summed E-state index contributed by atoms with van der Waals surface area (Å²) in [6.45, 7) is 6.15. The van der Waals surface area contributed by atoms with Crippen LogP contribution in [0.25, 0.3) is 0 Å². The monoisotopic (exact) mass is 256 g/mol. The van der Waals surface area contributed by atoms with Gasteiger partial charge in [0.25, 0.3) is 0 Å². The number of aliphatic hydroxyl groups is 1. The summed E-state index contributed by atoms with van der Waals surface area (Å²) in [5.41, 5.74) is 5.35. The Kier molecular flexibility index (Phi) is 3.86. The zero-order valence-electron chi connectivity index (χ0n) is 11.9. The SMILES string of the molecule is Cc1cc(C)cc(N(C)c2ccc(CO)c(C)n2)c1. The number of aliphatic hydroxyl groups excluding tert-OH is 1. The van der Waals surface area contributed by atoms with Crippen LogP contribution in [-0.4, -0.2) is 17.1 Å². The molecule has 2 rings (SSSR count). The van der Waals surface area contributed by atoms with E-state index in [0.717, 1.165) is 22.8 Å². The Morgan fingerprint density at radius 3 is 2.21 bits per heavy atom. The van der Waals surface area contributed by atoms with Crippen molar-refractivity contribution in [1.29, 1.82) is 0 Å². The number of hydrogen-bond donors (Lipinski definition) is 1. The maximum absolute atomic E-state index is 9.18. The van der Waals surface area contributed by atoms with Crippen molar-refractivity contribution in [1.82, 2.24) is 4.98 Å². The van der Waals surface area contributed by atoms with Crippen LogP contribution in [0.15, 0.2) is 30.3 Å². The lowest BCUT2D eigenvalue weighted by Crippen LogP contribution is -2.12. The van der Waals surface area contributed by atoms with E-state index in [4.69, 9.17) is 0 Å². The van der Waals surface area contributed by atoms with Crippen molar-refractivity contribution in [2.24, 2.45) is 0 Å². The molecule has 0 fully saturated rings. The fourth-order valence-corrected chi connectivity index (χ4v) is 2.21. The first-order valence-electron chi connectivity index (χ1n) is 6.40. The maximum Gasteiger partial charge on any atom is 0.132 e. The molecule has 3 nitrogen and oxygen atoms in total. The van der Waals surface area contributed by atoms with E-state index in [-0.39, 0.29) is 6.61 Å². The predicted molar refractivity (Wildman–Crippen MR) is 78.9 cm³/mol. The first-order valence-corrected chi connectivity index (χ1v) is 6.40. The van der Waals surface area contributed by atoms with Crippen LogP contribution in [0.3, 0.4) is 0 Å². The number of rotatable bonds is 3. The van der Waals surface area contributed by atoms with E-state index in [1.807, 2.05) is 26.1 Å². The lowest BCUT2D eigenvalue weighted by molar-refractivity contribution is 0.280. The van der Waals surface area contributed by atoms with Gasteiger partial charge in [-0.1, -0.05) is 12.1 Å². The Balaban J connectivity index is 2.38. The summed E-state index contributed by atoms with van der Waals surface area (Å²) in [5, 5.41) is 9.18. The van der Waals surface area contributed by atoms with Crippen molar-refractivity contribution in [3.05, 3.63) is 52.7 Å². The number of nitrogens with zero attached hydrogens (tertiary/aromatic N) is 2. The van der Waals surface area contributed by atoms with Gasteiger partial charge in [-0.3, -0.25) is 0 Å². The van der Waals surface area contributed by atoms with Gasteiger partial charge in [-0.15, -0.1) is 0 Å². The molecule has 0 saturated carbocycles. The molecule has 0 aliphatic carbocycles. The van der Waals surface area contributed by atoms with E-state index in [2.05, 4.69) is 41.9 Å². The second-order valence-corrected chi connectivity index (χ2v) is 4.98. The molecule has 3 heteroatoms. The van der Waals surface area contributed by atoms with Crippen LogP contribution in [0.2, 0.25) is 0 Å². The van der Waals surface area contributed by atoms with Gasteiger partial charge in [-0.25, -0.2) is 4.98 Å². The van der Waals surface area contributed by atoms with Gasteiger partial charge in [0.15, 0.2) is 0 Å². The topological polar surface area (TPSA) is 36.4 Å². The standard InChI is InChI=1S/C16H20N2O/c1-11-7-12(2)9-15(8-11)18(4)16-6-5-14(10-19)13(3)17-16/h5-9,19H,10H2,1-4H3. The molecule has 19 heavy (non-hydrogen) atoms. The van der Waals surface area contributed by atoms with Crippen LogP contribution in [0, 0.1) is 20.8 Å². The average molecular weight is 256 g/mol.